The van der Waals surface area contributed by atoms with Crippen LogP contribution in [0.25, 0.3) is 0 Å². The van der Waals surface area contributed by atoms with Crippen LogP contribution in [0.2, 0.25) is 0 Å². The summed E-state index contributed by atoms with van der Waals surface area (Å²) in [6, 6.07) is 15.8. The Morgan fingerprint density at radius 1 is 1.18 bits per heavy atom. The fraction of sp³-hybridized carbons (Fsp3) is 0.176. The van der Waals surface area contributed by atoms with Crippen molar-refractivity contribution in [3.63, 3.8) is 0 Å². The number of anilines is 1. The van der Waals surface area contributed by atoms with E-state index in [-0.39, 0.29) is 5.91 Å². The van der Waals surface area contributed by atoms with Crippen molar-refractivity contribution in [2.75, 3.05) is 5.32 Å². The maximum absolute atomic E-state index is 11.9. The summed E-state index contributed by atoms with van der Waals surface area (Å²) in [6.07, 6.45) is 1.10. The molecule has 0 saturated carbocycles. The zero-order chi connectivity index (χ0) is 15.9. The van der Waals surface area contributed by atoms with Gasteiger partial charge in [0.25, 0.3) is 0 Å². The van der Waals surface area contributed by atoms with E-state index in [1.807, 2.05) is 55.5 Å². The highest BCUT2D eigenvalue weighted by Crippen LogP contribution is 2.23. The number of aryl methyl sites for hydroxylation is 2. The van der Waals surface area contributed by atoms with Gasteiger partial charge in [-0.2, -0.15) is 0 Å². The Hall–Kier alpha value is -1.72. The van der Waals surface area contributed by atoms with E-state index < -0.39 is 0 Å². The highest BCUT2D eigenvalue weighted by molar-refractivity contribution is 9.10. The lowest BCUT2D eigenvalue weighted by molar-refractivity contribution is -0.119. The molecule has 0 radical (unpaired) electrons. The van der Waals surface area contributed by atoms with Crippen LogP contribution < -0.4 is 10.6 Å². The van der Waals surface area contributed by atoms with Gasteiger partial charge < -0.3 is 10.6 Å². The third kappa shape index (κ3) is 5.24. The number of carbonyl (C=O) groups is 1. The third-order valence-corrected chi connectivity index (χ3v) is 3.97. The van der Waals surface area contributed by atoms with Gasteiger partial charge >= 0.3 is 0 Å². The number of carbonyl (C=O) groups excluding carboxylic acids is 1. The van der Waals surface area contributed by atoms with Gasteiger partial charge in [-0.05, 0) is 64.8 Å². The highest BCUT2D eigenvalue weighted by atomic mass is 79.9. The van der Waals surface area contributed by atoms with Crippen molar-refractivity contribution in [3.8, 4) is 0 Å². The Kier molecular flexibility index (Phi) is 6.10. The van der Waals surface area contributed by atoms with Crippen molar-refractivity contribution in [1.29, 1.82) is 0 Å². The van der Waals surface area contributed by atoms with Gasteiger partial charge in [-0.15, -0.1) is 0 Å². The molecule has 2 N–H and O–H groups in total. The van der Waals surface area contributed by atoms with Crippen LogP contribution in [0.15, 0.2) is 53.0 Å². The Morgan fingerprint density at radius 2 is 1.91 bits per heavy atom. The Morgan fingerprint density at radius 3 is 2.59 bits per heavy atom. The molecule has 0 saturated heterocycles. The second-order valence-electron chi connectivity index (χ2n) is 4.97. The maximum atomic E-state index is 11.9. The van der Waals surface area contributed by atoms with Crippen molar-refractivity contribution in [1.82, 2.24) is 5.32 Å². The SMILES string of the molecule is Cc1ccc(NC(=S)NC(=O)CCc2ccccc2)c(Br)c1. The lowest BCUT2D eigenvalue weighted by Gasteiger charge is -2.11. The summed E-state index contributed by atoms with van der Waals surface area (Å²) < 4.78 is 0.911. The number of amides is 1. The fourth-order valence-corrected chi connectivity index (χ4v) is 2.78. The molecule has 0 heterocycles. The lowest BCUT2D eigenvalue weighted by Crippen LogP contribution is -2.34. The molecule has 0 aliphatic heterocycles. The van der Waals surface area contributed by atoms with E-state index >= 15 is 0 Å². The number of hydrogen-bond acceptors (Lipinski definition) is 2. The van der Waals surface area contributed by atoms with Crippen LogP contribution in [0.1, 0.15) is 17.5 Å². The molecule has 0 aromatic heterocycles. The molecule has 114 valence electrons. The number of rotatable bonds is 4. The van der Waals surface area contributed by atoms with Crippen LogP contribution in [-0.4, -0.2) is 11.0 Å². The molecule has 22 heavy (non-hydrogen) atoms. The van der Waals surface area contributed by atoms with Crippen molar-refractivity contribution < 1.29 is 4.79 Å². The molecule has 0 aliphatic rings. The van der Waals surface area contributed by atoms with Crippen LogP contribution in [0.5, 0.6) is 0 Å². The molecule has 0 spiro atoms. The zero-order valence-corrected chi connectivity index (χ0v) is 14.6. The van der Waals surface area contributed by atoms with E-state index in [2.05, 4.69) is 26.6 Å². The van der Waals surface area contributed by atoms with Gasteiger partial charge in [-0.1, -0.05) is 36.4 Å². The van der Waals surface area contributed by atoms with E-state index in [0.29, 0.717) is 18.0 Å². The summed E-state index contributed by atoms with van der Waals surface area (Å²) in [5.41, 5.74) is 3.12. The summed E-state index contributed by atoms with van der Waals surface area (Å²) in [6.45, 7) is 2.01. The van der Waals surface area contributed by atoms with E-state index in [1.54, 1.807) is 0 Å². The van der Waals surface area contributed by atoms with Gasteiger partial charge in [0.15, 0.2) is 5.11 Å². The van der Waals surface area contributed by atoms with Crippen molar-refractivity contribution >= 4 is 44.9 Å². The predicted molar refractivity (Wildman–Crippen MR) is 98.0 cm³/mol. The second kappa shape index (κ2) is 8.06. The van der Waals surface area contributed by atoms with Crippen LogP contribution in [0.4, 0.5) is 5.69 Å². The summed E-state index contributed by atoms with van der Waals surface area (Å²) in [5, 5.41) is 6.03. The monoisotopic (exact) mass is 376 g/mol. The largest absolute Gasteiger partial charge is 0.331 e. The number of hydrogen-bond donors (Lipinski definition) is 2. The molecular formula is C17H17BrN2OS. The molecule has 0 aliphatic carbocycles. The van der Waals surface area contributed by atoms with Gasteiger partial charge in [-0.3, -0.25) is 4.79 Å². The number of halogens is 1. The Balaban J connectivity index is 1.82. The predicted octanol–water partition coefficient (Wildman–Crippen LogP) is 4.20. The molecule has 2 aromatic carbocycles. The minimum Gasteiger partial charge on any atom is -0.331 e. The van der Waals surface area contributed by atoms with E-state index in [4.69, 9.17) is 12.2 Å². The van der Waals surface area contributed by atoms with Gasteiger partial charge in [0.05, 0.1) is 5.69 Å². The minimum atomic E-state index is -0.0930. The van der Waals surface area contributed by atoms with Gasteiger partial charge in [0, 0.05) is 10.9 Å². The summed E-state index contributed by atoms with van der Waals surface area (Å²) >= 11 is 8.64. The van der Waals surface area contributed by atoms with Gasteiger partial charge in [0.2, 0.25) is 5.91 Å². The normalized spacial score (nSPS) is 10.1. The number of nitrogens with one attached hydrogen (secondary N) is 2. The second-order valence-corrected chi connectivity index (χ2v) is 6.23. The van der Waals surface area contributed by atoms with Crippen LogP contribution in [0.3, 0.4) is 0 Å². The maximum Gasteiger partial charge on any atom is 0.226 e. The van der Waals surface area contributed by atoms with Gasteiger partial charge in [-0.25, -0.2) is 0 Å². The highest BCUT2D eigenvalue weighted by Gasteiger charge is 2.07. The molecule has 0 atom stereocenters. The lowest BCUT2D eigenvalue weighted by atomic mass is 10.1. The van der Waals surface area contributed by atoms with Crippen molar-refractivity contribution in [2.45, 2.75) is 19.8 Å². The molecule has 3 nitrogen and oxygen atoms in total. The van der Waals surface area contributed by atoms with Crippen molar-refractivity contribution in [3.05, 3.63) is 64.1 Å². The Bertz CT molecular complexity index is 674. The van der Waals surface area contributed by atoms with E-state index in [9.17, 15) is 4.79 Å². The number of benzene rings is 2. The first-order valence-electron chi connectivity index (χ1n) is 6.95. The molecule has 0 fully saturated rings. The first kappa shape index (κ1) is 16.6. The van der Waals surface area contributed by atoms with Crippen LogP contribution in [0, 0.1) is 6.92 Å². The smallest absolute Gasteiger partial charge is 0.226 e. The average molecular weight is 377 g/mol. The number of thiocarbonyl (C=S) groups is 1. The minimum absolute atomic E-state index is 0.0930. The van der Waals surface area contributed by atoms with E-state index in [0.717, 1.165) is 21.3 Å². The average Bonchev–Trinajstić information content (AvgIpc) is 2.49. The van der Waals surface area contributed by atoms with Crippen LogP contribution in [-0.2, 0) is 11.2 Å². The van der Waals surface area contributed by atoms with Crippen LogP contribution >= 0.6 is 28.1 Å². The molecule has 2 rings (SSSR count). The summed E-state index contributed by atoms with van der Waals surface area (Å²) in [7, 11) is 0. The molecule has 1 amide bonds. The topological polar surface area (TPSA) is 41.1 Å². The molecule has 0 unspecified atom stereocenters. The molecule has 0 bridgehead atoms. The van der Waals surface area contributed by atoms with E-state index in [1.165, 1.54) is 0 Å². The quantitative estimate of drug-likeness (QED) is 0.785. The third-order valence-electron chi connectivity index (χ3n) is 3.11. The summed E-state index contributed by atoms with van der Waals surface area (Å²) in [5.74, 6) is -0.0930. The molecule has 5 heteroatoms. The summed E-state index contributed by atoms with van der Waals surface area (Å²) in [4.78, 5) is 11.9. The van der Waals surface area contributed by atoms with Gasteiger partial charge in [0.1, 0.15) is 0 Å². The first-order valence-corrected chi connectivity index (χ1v) is 8.15. The zero-order valence-electron chi connectivity index (χ0n) is 12.2. The first-order chi connectivity index (χ1) is 10.5. The molecular weight excluding hydrogens is 360 g/mol. The Labute approximate surface area is 144 Å². The fourth-order valence-electron chi connectivity index (χ4n) is 1.97. The van der Waals surface area contributed by atoms with Crippen molar-refractivity contribution in [2.24, 2.45) is 0 Å². The molecule has 2 aromatic rings. The standard InChI is InChI=1S/C17H17BrN2OS/c1-12-7-9-15(14(18)11-12)19-17(22)20-16(21)10-8-13-5-3-2-4-6-13/h2-7,9,11H,8,10H2,1H3,(H2,19,20,21,22).